The normalized spacial score (nSPS) is 21.7. The Labute approximate surface area is 184 Å². The zero-order chi connectivity index (χ0) is 22.2. The number of hydrogen-bond donors (Lipinski definition) is 1. The van der Waals surface area contributed by atoms with Crippen LogP contribution in [-0.2, 0) is 9.53 Å². The summed E-state index contributed by atoms with van der Waals surface area (Å²) in [5.74, 6) is 0.935. The highest BCUT2D eigenvalue weighted by Gasteiger charge is 2.48. The number of likely N-dealkylation sites (tertiary alicyclic amines) is 2. The van der Waals surface area contributed by atoms with Crippen molar-refractivity contribution in [2.24, 2.45) is 11.3 Å². The fourth-order valence-electron chi connectivity index (χ4n) is 4.95. The first-order valence-corrected chi connectivity index (χ1v) is 11.4. The molecule has 4 rings (SSSR count). The Kier molecular flexibility index (Phi) is 5.75. The van der Waals surface area contributed by atoms with Crippen molar-refractivity contribution in [2.45, 2.75) is 52.1 Å². The molecule has 8 heteroatoms. The van der Waals surface area contributed by atoms with Gasteiger partial charge >= 0.3 is 6.09 Å². The third-order valence-electron chi connectivity index (χ3n) is 6.82. The maximum atomic E-state index is 13.0. The zero-order valence-electron chi connectivity index (χ0n) is 19.0. The molecule has 1 aromatic heterocycles. The quantitative estimate of drug-likeness (QED) is 0.777. The molecular weight excluding hydrogens is 394 g/mol. The number of pyridine rings is 1. The number of anilines is 2. The van der Waals surface area contributed by atoms with Crippen molar-refractivity contribution < 1.29 is 14.3 Å². The lowest BCUT2D eigenvalue weighted by Crippen LogP contribution is -2.63. The number of aromatic nitrogens is 1. The Hall–Kier alpha value is -2.51. The highest BCUT2D eigenvalue weighted by Crippen LogP contribution is 2.42. The van der Waals surface area contributed by atoms with Gasteiger partial charge in [0, 0.05) is 50.6 Å². The topological polar surface area (TPSA) is 92.0 Å². The number of hydrogen-bond acceptors (Lipinski definition) is 6. The standard InChI is InChI=1S/C23H35N5O3/c1-22(2,3)31-21(30)27-12-8-23(9-13-27)15-28(16-23)20(29)17-6-10-26(11-7-17)18-4-5-19(24)25-14-18/h4-5,14,17H,6-13,15-16H2,1-3H3,(H2,24,25). The van der Waals surface area contributed by atoms with Crippen molar-refractivity contribution >= 4 is 23.5 Å². The Morgan fingerprint density at radius 1 is 1.06 bits per heavy atom. The van der Waals surface area contributed by atoms with Crippen molar-refractivity contribution in [3.8, 4) is 0 Å². The summed E-state index contributed by atoms with van der Waals surface area (Å²) in [5.41, 5.74) is 6.46. The molecule has 0 unspecified atom stereocenters. The summed E-state index contributed by atoms with van der Waals surface area (Å²) in [6.45, 7) is 10.5. The van der Waals surface area contributed by atoms with Crippen molar-refractivity contribution in [3.05, 3.63) is 18.3 Å². The van der Waals surface area contributed by atoms with Crippen molar-refractivity contribution in [1.29, 1.82) is 0 Å². The Balaban J connectivity index is 1.21. The van der Waals surface area contributed by atoms with Gasteiger partial charge in [-0.2, -0.15) is 0 Å². The summed E-state index contributed by atoms with van der Waals surface area (Å²) >= 11 is 0. The molecule has 8 nitrogen and oxygen atoms in total. The minimum atomic E-state index is -0.466. The fourth-order valence-corrected chi connectivity index (χ4v) is 4.95. The van der Waals surface area contributed by atoms with E-state index < -0.39 is 5.60 Å². The summed E-state index contributed by atoms with van der Waals surface area (Å²) in [5, 5.41) is 0. The molecule has 0 aromatic carbocycles. The molecular formula is C23H35N5O3. The first-order chi connectivity index (χ1) is 14.6. The Morgan fingerprint density at radius 2 is 1.71 bits per heavy atom. The van der Waals surface area contributed by atoms with Gasteiger partial charge in [0.05, 0.1) is 11.9 Å². The molecule has 1 spiro atoms. The number of rotatable bonds is 2. The van der Waals surface area contributed by atoms with Crippen molar-refractivity contribution in [2.75, 3.05) is 49.9 Å². The molecule has 3 saturated heterocycles. The molecule has 31 heavy (non-hydrogen) atoms. The number of carbonyl (C=O) groups is 2. The molecule has 3 fully saturated rings. The van der Waals surface area contributed by atoms with Crippen LogP contribution in [0, 0.1) is 11.3 Å². The monoisotopic (exact) mass is 429 g/mol. The van der Waals surface area contributed by atoms with E-state index >= 15 is 0 Å². The molecule has 3 aliphatic rings. The van der Waals surface area contributed by atoms with Crippen LogP contribution >= 0.6 is 0 Å². The fraction of sp³-hybridized carbons (Fsp3) is 0.696. The molecule has 170 valence electrons. The van der Waals surface area contributed by atoms with Crippen LogP contribution in [-0.4, -0.2) is 71.7 Å². The van der Waals surface area contributed by atoms with Gasteiger partial charge in [0.15, 0.2) is 0 Å². The number of carbonyl (C=O) groups excluding carboxylic acids is 2. The average molecular weight is 430 g/mol. The number of piperidine rings is 2. The van der Waals surface area contributed by atoms with Crippen LogP contribution in [0.4, 0.5) is 16.3 Å². The zero-order valence-corrected chi connectivity index (χ0v) is 19.0. The summed E-state index contributed by atoms with van der Waals surface area (Å²) in [6, 6.07) is 3.81. The van der Waals surface area contributed by atoms with E-state index in [4.69, 9.17) is 10.5 Å². The molecule has 0 saturated carbocycles. The maximum Gasteiger partial charge on any atom is 0.410 e. The average Bonchev–Trinajstić information content (AvgIpc) is 2.71. The number of amides is 2. The van der Waals surface area contributed by atoms with Crippen LogP contribution < -0.4 is 10.6 Å². The lowest BCUT2D eigenvalue weighted by Gasteiger charge is -2.54. The van der Waals surface area contributed by atoms with E-state index in [1.807, 2.05) is 42.7 Å². The van der Waals surface area contributed by atoms with Gasteiger partial charge < -0.3 is 25.2 Å². The van der Waals surface area contributed by atoms with E-state index in [0.29, 0.717) is 24.8 Å². The van der Waals surface area contributed by atoms with Crippen LogP contribution in [0.15, 0.2) is 18.3 Å². The van der Waals surface area contributed by atoms with Crippen LogP contribution in [0.5, 0.6) is 0 Å². The first kappa shape index (κ1) is 21.7. The lowest BCUT2D eigenvalue weighted by molar-refractivity contribution is -0.151. The lowest BCUT2D eigenvalue weighted by atomic mass is 9.71. The van der Waals surface area contributed by atoms with Gasteiger partial charge in [-0.15, -0.1) is 0 Å². The number of nitrogen functional groups attached to an aromatic ring is 1. The number of ether oxygens (including phenoxy) is 1. The van der Waals surface area contributed by atoms with E-state index in [-0.39, 0.29) is 17.4 Å². The van der Waals surface area contributed by atoms with Gasteiger partial charge in [-0.3, -0.25) is 4.79 Å². The molecule has 0 atom stereocenters. The predicted molar refractivity (Wildman–Crippen MR) is 120 cm³/mol. The van der Waals surface area contributed by atoms with Crippen LogP contribution in [0.25, 0.3) is 0 Å². The number of nitrogens with two attached hydrogens (primary N) is 1. The second-order valence-electron chi connectivity index (χ2n) is 10.4. The van der Waals surface area contributed by atoms with E-state index in [0.717, 1.165) is 57.5 Å². The highest BCUT2D eigenvalue weighted by atomic mass is 16.6. The van der Waals surface area contributed by atoms with Gasteiger partial charge in [-0.05, 0) is 58.6 Å². The maximum absolute atomic E-state index is 13.0. The van der Waals surface area contributed by atoms with Gasteiger partial charge in [0.1, 0.15) is 11.4 Å². The Bertz CT molecular complexity index is 795. The first-order valence-electron chi connectivity index (χ1n) is 11.4. The minimum absolute atomic E-state index is 0.109. The van der Waals surface area contributed by atoms with Gasteiger partial charge in [-0.25, -0.2) is 9.78 Å². The van der Waals surface area contributed by atoms with E-state index in [2.05, 4.69) is 9.88 Å². The van der Waals surface area contributed by atoms with Gasteiger partial charge in [0.25, 0.3) is 0 Å². The summed E-state index contributed by atoms with van der Waals surface area (Å²) < 4.78 is 5.49. The predicted octanol–water partition coefficient (Wildman–Crippen LogP) is 2.74. The van der Waals surface area contributed by atoms with E-state index in [9.17, 15) is 9.59 Å². The van der Waals surface area contributed by atoms with Crippen LogP contribution in [0.2, 0.25) is 0 Å². The molecule has 0 bridgehead atoms. The molecule has 4 heterocycles. The highest BCUT2D eigenvalue weighted by molar-refractivity contribution is 5.80. The third kappa shape index (κ3) is 4.88. The summed E-state index contributed by atoms with van der Waals surface area (Å²) in [7, 11) is 0. The Morgan fingerprint density at radius 3 is 2.26 bits per heavy atom. The minimum Gasteiger partial charge on any atom is -0.444 e. The molecule has 2 amide bonds. The van der Waals surface area contributed by atoms with E-state index in [1.165, 1.54) is 0 Å². The summed E-state index contributed by atoms with van der Waals surface area (Å²) in [4.78, 5) is 35.6. The number of nitrogens with zero attached hydrogens (tertiary/aromatic N) is 4. The third-order valence-corrected chi connectivity index (χ3v) is 6.82. The smallest absolute Gasteiger partial charge is 0.410 e. The SMILES string of the molecule is CC(C)(C)OC(=O)N1CCC2(CC1)CN(C(=O)C1CCN(c3ccc(N)nc3)CC1)C2. The summed E-state index contributed by atoms with van der Waals surface area (Å²) in [6.07, 6.45) is 5.22. The molecule has 0 radical (unpaired) electrons. The second-order valence-corrected chi connectivity index (χ2v) is 10.4. The second kappa shape index (κ2) is 8.20. The van der Waals surface area contributed by atoms with E-state index in [1.54, 1.807) is 6.20 Å². The van der Waals surface area contributed by atoms with Gasteiger partial charge in [0.2, 0.25) is 5.91 Å². The molecule has 0 aliphatic carbocycles. The molecule has 3 aliphatic heterocycles. The van der Waals surface area contributed by atoms with Gasteiger partial charge in [-0.1, -0.05) is 0 Å². The van der Waals surface area contributed by atoms with Crippen LogP contribution in [0.3, 0.4) is 0 Å². The van der Waals surface area contributed by atoms with Crippen molar-refractivity contribution in [1.82, 2.24) is 14.8 Å². The largest absolute Gasteiger partial charge is 0.444 e. The molecule has 2 N–H and O–H groups in total. The van der Waals surface area contributed by atoms with Crippen molar-refractivity contribution in [3.63, 3.8) is 0 Å². The molecule has 1 aromatic rings. The van der Waals surface area contributed by atoms with Crippen LogP contribution in [0.1, 0.15) is 46.5 Å².